The molecule has 0 bridgehead atoms. The Morgan fingerprint density at radius 3 is 1.57 bits per heavy atom. The van der Waals surface area contributed by atoms with E-state index in [2.05, 4.69) is 217 Å². The average molecular weight is 730 g/mol. The Hall–Kier alpha value is -7.00. The van der Waals surface area contributed by atoms with E-state index < -0.39 is 0 Å². The van der Waals surface area contributed by atoms with Gasteiger partial charge < -0.3 is 4.90 Å². The van der Waals surface area contributed by atoms with E-state index >= 15 is 0 Å². The van der Waals surface area contributed by atoms with Gasteiger partial charge in [0.1, 0.15) is 0 Å². The Labute approximate surface area is 330 Å². The summed E-state index contributed by atoms with van der Waals surface area (Å²) < 4.78 is 2.65. The molecular weight excluding hydrogens is 695 g/mol. The number of hydrogen-bond donors (Lipinski definition) is 0. The third-order valence-electron chi connectivity index (χ3n) is 11.2. The normalized spacial score (nSPS) is 11.6. The molecule has 0 aliphatic rings. The van der Waals surface area contributed by atoms with Gasteiger partial charge in [0.15, 0.2) is 0 Å². The van der Waals surface area contributed by atoms with Crippen molar-refractivity contribution >= 4 is 80.9 Å². The molecule has 11 rings (SSSR count). The first-order chi connectivity index (χ1) is 27.7. The highest BCUT2D eigenvalue weighted by molar-refractivity contribution is 7.25. The number of thiophene rings is 1. The van der Waals surface area contributed by atoms with Crippen molar-refractivity contribution in [3.8, 4) is 33.4 Å². The maximum atomic E-state index is 2.38. The zero-order valence-electron chi connectivity index (χ0n) is 30.6. The largest absolute Gasteiger partial charge is 0.310 e. The van der Waals surface area contributed by atoms with Gasteiger partial charge in [0.2, 0.25) is 0 Å². The summed E-state index contributed by atoms with van der Waals surface area (Å²) in [6.45, 7) is 0. The minimum atomic E-state index is 1.11. The molecule has 0 aliphatic heterocycles. The molecule has 0 amide bonds. The second kappa shape index (κ2) is 13.4. The lowest BCUT2D eigenvalue weighted by Crippen LogP contribution is -2.10. The van der Waals surface area contributed by atoms with E-state index in [1.807, 2.05) is 11.3 Å². The Bertz CT molecular complexity index is 3240. The van der Waals surface area contributed by atoms with Gasteiger partial charge in [-0.2, -0.15) is 0 Å². The fourth-order valence-corrected chi connectivity index (χ4v) is 9.59. The van der Waals surface area contributed by atoms with Crippen molar-refractivity contribution in [2.45, 2.75) is 0 Å². The van der Waals surface area contributed by atoms with Gasteiger partial charge in [-0.05, 0) is 120 Å². The molecule has 0 N–H and O–H groups in total. The predicted octanol–water partition coefficient (Wildman–Crippen LogP) is 16.0. The molecule has 0 spiro atoms. The van der Waals surface area contributed by atoms with Crippen LogP contribution >= 0.6 is 11.3 Å². The molecule has 2 heteroatoms. The third kappa shape index (κ3) is 5.62. The lowest BCUT2D eigenvalue weighted by atomic mass is 9.97. The summed E-state index contributed by atoms with van der Waals surface area (Å²) in [5.41, 5.74) is 10.6. The zero-order valence-corrected chi connectivity index (χ0v) is 31.4. The van der Waals surface area contributed by atoms with Crippen LogP contribution in [-0.2, 0) is 0 Å². The van der Waals surface area contributed by atoms with Gasteiger partial charge in [-0.1, -0.05) is 158 Å². The highest BCUT2D eigenvalue weighted by Gasteiger charge is 2.16. The van der Waals surface area contributed by atoms with Crippen LogP contribution in [0.2, 0.25) is 0 Å². The van der Waals surface area contributed by atoms with Crippen LogP contribution in [0.5, 0.6) is 0 Å². The molecule has 0 saturated heterocycles. The lowest BCUT2D eigenvalue weighted by Gasteiger charge is -2.26. The SMILES string of the molecule is c1cc(-c2cccc3ccccc23)cc(N(c2ccc(-c3ccc4c(ccc5ccccc54)c3)cc2)c2ccc(-c3ccc4c(c3)sc3ccccc34)cc2)c1. The average Bonchev–Trinajstić information content (AvgIpc) is 3.65. The molecule has 0 atom stereocenters. The predicted molar refractivity (Wildman–Crippen MR) is 243 cm³/mol. The number of hydrogen-bond acceptors (Lipinski definition) is 2. The van der Waals surface area contributed by atoms with Gasteiger partial charge in [-0.25, -0.2) is 0 Å². The summed E-state index contributed by atoms with van der Waals surface area (Å²) in [7, 11) is 0. The van der Waals surface area contributed by atoms with Crippen molar-refractivity contribution in [1.82, 2.24) is 0 Å². The molecule has 0 saturated carbocycles. The monoisotopic (exact) mass is 729 g/mol. The molecule has 10 aromatic carbocycles. The molecule has 1 nitrogen and oxygen atoms in total. The second-order valence-corrected chi connectivity index (χ2v) is 15.6. The fourth-order valence-electron chi connectivity index (χ4n) is 8.44. The molecule has 1 aromatic heterocycles. The van der Waals surface area contributed by atoms with Gasteiger partial charge in [0, 0.05) is 37.2 Å². The number of rotatable bonds is 6. The summed E-state index contributed by atoms with van der Waals surface area (Å²) in [5.74, 6) is 0. The minimum absolute atomic E-state index is 1.11. The summed E-state index contributed by atoms with van der Waals surface area (Å²) in [6.07, 6.45) is 0. The van der Waals surface area contributed by atoms with Crippen molar-refractivity contribution in [3.05, 3.63) is 212 Å². The zero-order chi connectivity index (χ0) is 37.0. The van der Waals surface area contributed by atoms with Crippen LogP contribution in [-0.4, -0.2) is 0 Å². The van der Waals surface area contributed by atoms with E-state index in [-0.39, 0.29) is 0 Å². The van der Waals surface area contributed by atoms with E-state index in [4.69, 9.17) is 0 Å². The van der Waals surface area contributed by atoms with Gasteiger partial charge >= 0.3 is 0 Å². The Morgan fingerprint density at radius 2 is 0.804 bits per heavy atom. The molecular formula is C54H35NS. The molecule has 0 aliphatic carbocycles. The summed E-state index contributed by atoms with van der Waals surface area (Å²) in [6, 6.07) is 77.8. The maximum absolute atomic E-state index is 2.38. The molecule has 56 heavy (non-hydrogen) atoms. The van der Waals surface area contributed by atoms with Crippen LogP contribution in [0.4, 0.5) is 17.1 Å². The van der Waals surface area contributed by atoms with Gasteiger partial charge in [0.25, 0.3) is 0 Å². The quantitative estimate of drug-likeness (QED) is 0.154. The first-order valence-electron chi connectivity index (χ1n) is 19.2. The van der Waals surface area contributed by atoms with Crippen molar-refractivity contribution < 1.29 is 0 Å². The number of anilines is 3. The van der Waals surface area contributed by atoms with Crippen molar-refractivity contribution in [3.63, 3.8) is 0 Å². The molecule has 0 fully saturated rings. The second-order valence-electron chi connectivity index (χ2n) is 14.5. The van der Waals surface area contributed by atoms with E-state index in [9.17, 15) is 0 Å². The molecule has 0 radical (unpaired) electrons. The smallest absolute Gasteiger partial charge is 0.0467 e. The van der Waals surface area contributed by atoms with E-state index in [0.29, 0.717) is 0 Å². The van der Waals surface area contributed by atoms with E-state index in [1.165, 1.54) is 85.9 Å². The number of benzene rings is 10. The van der Waals surface area contributed by atoms with Gasteiger partial charge in [-0.3, -0.25) is 0 Å². The maximum Gasteiger partial charge on any atom is 0.0467 e. The Balaban J connectivity index is 0.992. The van der Waals surface area contributed by atoms with Crippen molar-refractivity contribution in [1.29, 1.82) is 0 Å². The highest BCUT2D eigenvalue weighted by Crippen LogP contribution is 2.41. The van der Waals surface area contributed by atoms with Crippen LogP contribution in [0.3, 0.4) is 0 Å². The van der Waals surface area contributed by atoms with Crippen LogP contribution in [0.15, 0.2) is 212 Å². The van der Waals surface area contributed by atoms with Crippen LogP contribution < -0.4 is 4.90 Å². The first-order valence-corrected chi connectivity index (χ1v) is 20.0. The summed E-state index contributed by atoms with van der Waals surface area (Å²) in [4.78, 5) is 2.38. The van der Waals surface area contributed by atoms with Gasteiger partial charge in [0.05, 0.1) is 0 Å². The lowest BCUT2D eigenvalue weighted by molar-refractivity contribution is 1.28. The minimum Gasteiger partial charge on any atom is -0.310 e. The van der Waals surface area contributed by atoms with Gasteiger partial charge in [-0.15, -0.1) is 11.3 Å². The third-order valence-corrected chi connectivity index (χ3v) is 12.4. The number of nitrogens with zero attached hydrogens (tertiary/aromatic N) is 1. The van der Waals surface area contributed by atoms with Crippen molar-refractivity contribution in [2.75, 3.05) is 4.90 Å². The molecule has 262 valence electrons. The van der Waals surface area contributed by atoms with E-state index in [0.717, 1.165) is 17.1 Å². The Morgan fingerprint density at radius 1 is 0.268 bits per heavy atom. The Kier molecular flexibility index (Phi) is 7.75. The first kappa shape index (κ1) is 32.4. The molecule has 0 unspecified atom stereocenters. The highest BCUT2D eigenvalue weighted by atomic mass is 32.1. The van der Waals surface area contributed by atoms with Crippen LogP contribution in [0.1, 0.15) is 0 Å². The fraction of sp³-hybridized carbons (Fsp3) is 0. The standard InChI is InChI=1S/C54H35NS/c1-3-14-47-38(9-1)11-8-17-49(47)42-12-7-13-46(34-42)55(45-29-23-37(24-30-45)41-26-32-52-51-16-5-6-18-53(51)56-54(52)35-41)44-27-21-36(22-28-44)40-25-31-50-43(33-40)20-19-39-10-2-4-15-48(39)50/h1-35H. The molecule has 11 aromatic rings. The van der Waals surface area contributed by atoms with Crippen LogP contribution in [0.25, 0.3) is 85.9 Å². The molecule has 1 heterocycles. The summed E-state index contributed by atoms with van der Waals surface area (Å²) in [5, 5.41) is 10.3. The van der Waals surface area contributed by atoms with Crippen LogP contribution in [0, 0.1) is 0 Å². The number of fused-ring (bicyclic) bond motifs is 7. The topological polar surface area (TPSA) is 3.24 Å². The van der Waals surface area contributed by atoms with E-state index in [1.54, 1.807) is 0 Å². The summed E-state index contributed by atoms with van der Waals surface area (Å²) >= 11 is 1.87. The van der Waals surface area contributed by atoms with Crippen molar-refractivity contribution in [2.24, 2.45) is 0 Å².